The van der Waals surface area contributed by atoms with Crippen molar-refractivity contribution in [2.45, 2.75) is 32.2 Å². The Bertz CT molecular complexity index is 801. The van der Waals surface area contributed by atoms with Crippen LogP contribution in [0.4, 0.5) is 0 Å². The Kier molecular flexibility index (Phi) is 9.90. The molecule has 1 aromatic rings. The average molecular weight is 435 g/mol. The van der Waals surface area contributed by atoms with Crippen molar-refractivity contribution in [3.63, 3.8) is 0 Å². The maximum Gasteiger partial charge on any atom is 0.344 e. The zero-order valence-electron chi connectivity index (χ0n) is 17.2. The number of carboxylic acids is 2. The molecule has 0 unspecified atom stereocenters. The van der Waals surface area contributed by atoms with Gasteiger partial charge in [0, 0.05) is 12.0 Å². The molecular weight excluding hydrogens is 410 g/mol. The molecule has 31 heavy (non-hydrogen) atoms. The zero-order chi connectivity index (χ0) is 23.4. The van der Waals surface area contributed by atoms with Crippen molar-refractivity contribution < 1.29 is 43.7 Å². The van der Waals surface area contributed by atoms with Gasteiger partial charge in [0.2, 0.25) is 5.54 Å². The van der Waals surface area contributed by atoms with Crippen LogP contribution in [0.2, 0.25) is 0 Å². The first-order valence-corrected chi connectivity index (χ1v) is 9.52. The minimum absolute atomic E-state index is 0.0784. The van der Waals surface area contributed by atoms with E-state index in [1.54, 1.807) is 18.2 Å². The van der Waals surface area contributed by atoms with Gasteiger partial charge in [-0.25, -0.2) is 9.59 Å². The molecule has 0 aliphatic carbocycles. The first kappa shape index (κ1) is 25.3. The smallest absolute Gasteiger partial charge is 0.344 e. The molecule has 3 N–H and O–H groups in total. The van der Waals surface area contributed by atoms with E-state index in [2.05, 4.69) is 5.32 Å². The summed E-state index contributed by atoms with van der Waals surface area (Å²) in [5.74, 6) is -7.61. The van der Waals surface area contributed by atoms with E-state index in [4.69, 9.17) is 19.7 Å². The van der Waals surface area contributed by atoms with Crippen molar-refractivity contribution in [1.29, 1.82) is 0 Å². The van der Waals surface area contributed by atoms with Gasteiger partial charge in [0.15, 0.2) is 5.92 Å². The summed E-state index contributed by atoms with van der Waals surface area (Å²) in [7, 11) is 0. The van der Waals surface area contributed by atoms with Gasteiger partial charge in [0.25, 0.3) is 5.91 Å². The minimum atomic E-state index is -2.24. The molecule has 0 bridgehead atoms. The maximum absolute atomic E-state index is 12.7. The number of rotatable bonds is 12. The van der Waals surface area contributed by atoms with Crippen LogP contribution in [0, 0.1) is 5.92 Å². The van der Waals surface area contributed by atoms with Gasteiger partial charge in [-0.1, -0.05) is 30.4 Å². The topological polar surface area (TPSA) is 156 Å². The lowest BCUT2D eigenvalue weighted by Crippen LogP contribution is -2.61. The number of esters is 2. The van der Waals surface area contributed by atoms with E-state index in [0.29, 0.717) is 0 Å². The number of benzene rings is 1. The normalized spacial score (nSPS) is 11.2. The summed E-state index contributed by atoms with van der Waals surface area (Å²) in [6.45, 7) is 2.88. The van der Waals surface area contributed by atoms with Gasteiger partial charge in [0.1, 0.15) is 0 Å². The molecule has 0 aliphatic rings. The molecule has 1 amide bonds. The summed E-state index contributed by atoms with van der Waals surface area (Å²) in [6.07, 6.45) is 1.61. The number of aliphatic carboxylic acids is 2. The van der Waals surface area contributed by atoms with Gasteiger partial charge in [-0.2, -0.15) is 0 Å². The number of nitrogens with one attached hydrogen (secondary N) is 1. The molecule has 10 heteroatoms. The van der Waals surface area contributed by atoms with E-state index < -0.39 is 47.7 Å². The fourth-order valence-electron chi connectivity index (χ4n) is 2.57. The standard InChI is InChI=1S/C21H25NO9/c1-3-30-19(28)21(20(29)31-4-2,22-16(23)14-10-6-5-7-11-14)13-9-8-12-15(17(24)25)18(26)27/h5-11,15H,3-4,12-13H2,1-2H3,(H,22,23)(H,24,25)(H,26,27). The van der Waals surface area contributed by atoms with E-state index >= 15 is 0 Å². The molecular formula is C21H25NO9. The zero-order valence-corrected chi connectivity index (χ0v) is 17.2. The van der Waals surface area contributed by atoms with E-state index in [-0.39, 0.29) is 25.2 Å². The van der Waals surface area contributed by atoms with Crippen molar-refractivity contribution in [2.75, 3.05) is 13.2 Å². The Morgan fingerprint density at radius 2 is 1.45 bits per heavy atom. The van der Waals surface area contributed by atoms with Gasteiger partial charge in [-0.15, -0.1) is 0 Å². The lowest BCUT2D eigenvalue weighted by Gasteiger charge is -2.29. The summed E-state index contributed by atoms with van der Waals surface area (Å²) in [6, 6.07) is 7.85. The number of hydrogen-bond donors (Lipinski definition) is 3. The van der Waals surface area contributed by atoms with E-state index in [1.807, 2.05) is 0 Å². The Balaban J connectivity index is 3.25. The molecule has 1 rings (SSSR count). The van der Waals surface area contributed by atoms with Gasteiger partial charge < -0.3 is 25.0 Å². The van der Waals surface area contributed by atoms with Gasteiger partial charge in [0.05, 0.1) is 13.2 Å². The molecule has 0 saturated heterocycles. The first-order chi connectivity index (χ1) is 14.7. The quantitative estimate of drug-likeness (QED) is 0.251. The summed E-state index contributed by atoms with van der Waals surface area (Å²) < 4.78 is 9.98. The van der Waals surface area contributed by atoms with Crippen LogP contribution in [0.3, 0.4) is 0 Å². The third kappa shape index (κ3) is 6.95. The number of ether oxygens (including phenoxy) is 2. The Morgan fingerprint density at radius 1 is 0.935 bits per heavy atom. The summed E-state index contributed by atoms with van der Waals surface area (Å²) in [4.78, 5) is 60.2. The second-order valence-corrected chi connectivity index (χ2v) is 6.31. The molecule has 0 fully saturated rings. The van der Waals surface area contributed by atoms with E-state index in [1.165, 1.54) is 38.1 Å². The van der Waals surface area contributed by atoms with Gasteiger partial charge in [-0.05, 0) is 32.4 Å². The number of hydrogen-bond acceptors (Lipinski definition) is 7. The highest BCUT2D eigenvalue weighted by atomic mass is 16.6. The van der Waals surface area contributed by atoms with Crippen LogP contribution in [-0.2, 0) is 28.7 Å². The second-order valence-electron chi connectivity index (χ2n) is 6.31. The van der Waals surface area contributed by atoms with E-state index in [0.717, 1.165) is 0 Å². The van der Waals surface area contributed by atoms with Gasteiger partial charge >= 0.3 is 23.9 Å². The maximum atomic E-state index is 12.7. The monoisotopic (exact) mass is 435 g/mol. The lowest BCUT2D eigenvalue weighted by molar-refractivity contribution is -0.165. The molecule has 10 nitrogen and oxygen atoms in total. The largest absolute Gasteiger partial charge is 0.481 e. The summed E-state index contributed by atoms with van der Waals surface area (Å²) in [5, 5.41) is 20.3. The predicted octanol–water partition coefficient (Wildman–Crippen LogP) is 1.40. The third-order valence-corrected chi connectivity index (χ3v) is 4.17. The van der Waals surface area contributed by atoms with Crippen LogP contribution in [0.1, 0.15) is 37.0 Å². The summed E-state index contributed by atoms with van der Waals surface area (Å²) in [5.41, 5.74) is -2.06. The molecule has 0 saturated carbocycles. The van der Waals surface area contributed by atoms with Crippen LogP contribution in [0.15, 0.2) is 42.5 Å². The van der Waals surface area contributed by atoms with Crippen LogP contribution in [0.25, 0.3) is 0 Å². The highest BCUT2D eigenvalue weighted by Gasteiger charge is 2.49. The van der Waals surface area contributed by atoms with Crippen LogP contribution in [-0.4, -0.2) is 58.8 Å². The Morgan fingerprint density at radius 3 is 1.90 bits per heavy atom. The van der Waals surface area contributed by atoms with Gasteiger partial charge in [-0.3, -0.25) is 14.4 Å². The SMILES string of the molecule is CCOC(=O)C(CC=CCC(C(=O)O)C(=O)O)(NC(=O)c1ccccc1)C(=O)OCC. The molecule has 0 aromatic heterocycles. The molecule has 0 heterocycles. The fourth-order valence-corrected chi connectivity index (χ4v) is 2.57. The average Bonchev–Trinajstić information content (AvgIpc) is 2.72. The van der Waals surface area contributed by atoms with Crippen molar-refractivity contribution >= 4 is 29.8 Å². The molecule has 1 aromatic carbocycles. The van der Waals surface area contributed by atoms with Crippen molar-refractivity contribution in [1.82, 2.24) is 5.32 Å². The fraction of sp³-hybridized carbons (Fsp3) is 0.381. The lowest BCUT2D eigenvalue weighted by atomic mass is 9.93. The third-order valence-electron chi connectivity index (χ3n) is 4.17. The van der Waals surface area contributed by atoms with Crippen LogP contribution >= 0.6 is 0 Å². The Hall–Kier alpha value is -3.69. The number of allylic oxidation sites excluding steroid dienone is 1. The molecule has 168 valence electrons. The highest BCUT2D eigenvalue weighted by molar-refractivity contribution is 6.10. The predicted molar refractivity (Wildman–Crippen MR) is 107 cm³/mol. The molecule has 0 spiro atoms. The Labute approximate surface area is 178 Å². The van der Waals surface area contributed by atoms with Crippen molar-refractivity contribution in [3.05, 3.63) is 48.0 Å². The van der Waals surface area contributed by atoms with Crippen LogP contribution < -0.4 is 5.32 Å². The highest BCUT2D eigenvalue weighted by Crippen LogP contribution is 2.19. The van der Waals surface area contributed by atoms with Crippen molar-refractivity contribution in [3.8, 4) is 0 Å². The number of carbonyl (C=O) groups excluding carboxylic acids is 3. The number of amides is 1. The molecule has 0 atom stereocenters. The first-order valence-electron chi connectivity index (χ1n) is 9.52. The summed E-state index contributed by atoms with van der Waals surface area (Å²) >= 11 is 0. The van der Waals surface area contributed by atoms with E-state index in [9.17, 15) is 24.0 Å². The number of carbonyl (C=O) groups is 5. The minimum Gasteiger partial charge on any atom is -0.481 e. The molecule has 0 radical (unpaired) electrons. The second kappa shape index (κ2) is 12.1. The number of carboxylic acid groups (broad SMARTS) is 2. The molecule has 0 aliphatic heterocycles. The van der Waals surface area contributed by atoms with Crippen LogP contribution in [0.5, 0.6) is 0 Å². The van der Waals surface area contributed by atoms with Crippen molar-refractivity contribution in [2.24, 2.45) is 5.92 Å².